The van der Waals surface area contributed by atoms with Crippen LogP contribution in [0.4, 0.5) is 4.79 Å². The Labute approximate surface area is 137 Å². The van der Waals surface area contributed by atoms with Gasteiger partial charge in [-0.2, -0.15) is 0 Å². The number of nitrogens with zero attached hydrogens (tertiary/aromatic N) is 2. The van der Waals surface area contributed by atoms with E-state index in [2.05, 4.69) is 11.9 Å². The highest BCUT2D eigenvalue weighted by Crippen LogP contribution is 2.36. The van der Waals surface area contributed by atoms with E-state index in [-0.39, 0.29) is 6.04 Å². The van der Waals surface area contributed by atoms with E-state index < -0.39 is 17.8 Å². The Balaban J connectivity index is 2.23. The van der Waals surface area contributed by atoms with Gasteiger partial charge in [0, 0.05) is 24.5 Å². The smallest absolute Gasteiger partial charge is 0.410 e. The van der Waals surface area contributed by atoms with Gasteiger partial charge in [0.2, 0.25) is 0 Å². The molecule has 3 atom stereocenters. The second kappa shape index (κ2) is 6.74. The van der Waals surface area contributed by atoms with Crippen molar-refractivity contribution in [2.24, 2.45) is 5.92 Å². The number of hydrogen-bond acceptors (Lipinski definition) is 5. The molecule has 1 aromatic rings. The lowest BCUT2D eigenvalue weighted by atomic mass is 9.98. The van der Waals surface area contributed by atoms with Crippen molar-refractivity contribution in [2.75, 3.05) is 13.7 Å². The number of aliphatic hydroxyl groups excluding tert-OH is 1. The molecule has 1 aromatic heterocycles. The topological polar surface area (TPSA) is 71.9 Å². The van der Waals surface area contributed by atoms with E-state index in [0.29, 0.717) is 30.2 Å². The molecule has 1 unspecified atom stereocenters. The van der Waals surface area contributed by atoms with Crippen LogP contribution in [0.5, 0.6) is 5.75 Å². The number of rotatable bonds is 3. The van der Waals surface area contributed by atoms with Gasteiger partial charge < -0.3 is 19.5 Å². The number of carbonyl (C=O) groups excluding carboxylic acids is 1. The third-order valence-corrected chi connectivity index (χ3v) is 3.89. The Bertz CT molecular complexity index is 556. The molecule has 128 valence electrons. The molecular weight excluding hydrogens is 296 g/mol. The highest BCUT2D eigenvalue weighted by atomic mass is 16.6. The van der Waals surface area contributed by atoms with Crippen LogP contribution >= 0.6 is 0 Å². The van der Waals surface area contributed by atoms with Crippen LogP contribution in [0.25, 0.3) is 0 Å². The molecule has 1 N–H and O–H groups in total. The lowest BCUT2D eigenvalue weighted by Crippen LogP contribution is -2.42. The molecule has 2 heterocycles. The fraction of sp³-hybridized carbons (Fsp3) is 0.647. The number of amides is 1. The molecule has 1 aliphatic rings. The summed E-state index contributed by atoms with van der Waals surface area (Å²) in [6.45, 7) is 8.13. The van der Waals surface area contributed by atoms with Crippen LogP contribution in [0.2, 0.25) is 0 Å². The molecule has 0 bridgehead atoms. The lowest BCUT2D eigenvalue weighted by molar-refractivity contribution is 0.00436. The number of ether oxygens (including phenoxy) is 2. The molecule has 2 rings (SSSR count). The third kappa shape index (κ3) is 4.13. The number of methoxy groups -OCH3 is 1. The average molecular weight is 322 g/mol. The van der Waals surface area contributed by atoms with Gasteiger partial charge in [0.05, 0.1) is 13.2 Å². The van der Waals surface area contributed by atoms with Gasteiger partial charge in [-0.1, -0.05) is 6.92 Å². The maximum absolute atomic E-state index is 12.5. The lowest BCUT2D eigenvalue weighted by Gasteiger charge is -2.31. The maximum atomic E-state index is 12.5. The summed E-state index contributed by atoms with van der Waals surface area (Å²) < 4.78 is 10.8. The van der Waals surface area contributed by atoms with Crippen molar-refractivity contribution in [3.8, 4) is 5.75 Å². The van der Waals surface area contributed by atoms with E-state index in [4.69, 9.17) is 9.47 Å². The van der Waals surface area contributed by atoms with E-state index in [1.165, 1.54) is 0 Å². The molecule has 1 fully saturated rings. The molecule has 6 nitrogen and oxygen atoms in total. The summed E-state index contributed by atoms with van der Waals surface area (Å²) in [5, 5.41) is 10.8. The Morgan fingerprint density at radius 2 is 2.17 bits per heavy atom. The number of aliphatic hydroxyl groups is 1. The van der Waals surface area contributed by atoms with Gasteiger partial charge in [-0.25, -0.2) is 4.79 Å². The van der Waals surface area contributed by atoms with E-state index in [9.17, 15) is 9.90 Å². The summed E-state index contributed by atoms with van der Waals surface area (Å²) >= 11 is 0. The van der Waals surface area contributed by atoms with Crippen LogP contribution < -0.4 is 4.74 Å². The van der Waals surface area contributed by atoms with E-state index in [1.807, 2.05) is 20.8 Å². The van der Waals surface area contributed by atoms with E-state index in [1.54, 1.807) is 30.5 Å². The maximum Gasteiger partial charge on any atom is 0.410 e. The predicted octanol–water partition coefficient (Wildman–Crippen LogP) is 2.77. The summed E-state index contributed by atoms with van der Waals surface area (Å²) in [6, 6.07) is 1.35. The third-order valence-electron chi connectivity index (χ3n) is 3.89. The minimum atomic E-state index is -0.865. The molecule has 1 amide bonds. The zero-order chi connectivity index (χ0) is 17.2. The van der Waals surface area contributed by atoms with E-state index in [0.717, 1.165) is 0 Å². The van der Waals surface area contributed by atoms with Crippen LogP contribution in [-0.4, -0.2) is 46.4 Å². The van der Waals surface area contributed by atoms with Crippen LogP contribution in [0, 0.1) is 5.92 Å². The summed E-state index contributed by atoms with van der Waals surface area (Å²) in [5.74, 6) is 0.862. The highest BCUT2D eigenvalue weighted by molar-refractivity contribution is 5.69. The summed E-state index contributed by atoms with van der Waals surface area (Å²) in [6.07, 6.45) is 2.64. The first-order chi connectivity index (χ1) is 10.7. The zero-order valence-corrected chi connectivity index (χ0v) is 14.4. The highest BCUT2D eigenvalue weighted by Gasteiger charge is 2.40. The molecule has 1 aliphatic heterocycles. The number of likely N-dealkylation sites (tertiary alicyclic amines) is 1. The molecule has 1 saturated heterocycles. The van der Waals surface area contributed by atoms with Gasteiger partial charge >= 0.3 is 6.09 Å². The van der Waals surface area contributed by atoms with Crippen molar-refractivity contribution in [1.82, 2.24) is 9.88 Å². The fourth-order valence-corrected chi connectivity index (χ4v) is 2.92. The van der Waals surface area contributed by atoms with Gasteiger partial charge in [-0.15, -0.1) is 0 Å². The predicted molar refractivity (Wildman–Crippen MR) is 86.3 cm³/mol. The molecule has 0 aromatic carbocycles. The first-order valence-corrected chi connectivity index (χ1v) is 7.88. The van der Waals surface area contributed by atoms with Gasteiger partial charge in [0.25, 0.3) is 0 Å². The van der Waals surface area contributed by atoms with Crippen LogP contribution in [0.3, 0.4) is 0 Å². The minimum Gasteiger partial charge on any atom is -0.496 e. The van der Waals surface area contributed by atoms with Crippen molar-refractivity contribution >= 4 is 6.09 Å². The van der Waals surface area contributed by atoms with Crippen LogP contribution in [0.1, 0.15) is 45.8 Å². The normalized spacial score (nSPS) is 22.8. The van der Waals surface area contributed by atoms with Crippen LogP contribution in [0.15, 0.2) is 18.5 Å². The SMILES string of the molecule is COc1ccncc1C(O)[C@H]1C[C@H](C)CN1C(=O)OC(C)(C)C. The summed E-state index contributed by atoms with van der Waals surface area (Å²) in [7, 11) is 1.55. The number of aromatic nitrogens is 1. The quantitative estimate of drug-likeness (QED) is 0.926. The van der Waals surface area contributed by atoms with Crippen LogP contribution in [-0.2, 0) is 4.74 Å². The van der Waals surface area contributed by atoms with E-state index >= 15 is 0 Å². The standard InChI is InChI=1S/C17H26N2O4/c1-11-8-13(19(10-11)16(21)23-17(2,3)4)15(20)12-9-18-7-6-14(12)22-5/h6-7,9,11,13,15,20H,8,10H2,1-5H3/t11-,13+,15?/m0/s1. The fourth-order valence-electron chi connectivity index (χ4n) is 2.92. The van der Waals surface area contributed by atoms with Crippen molar-refractivity contribution < 1.29 is 19.4 Å². The van der Waals surface area contributed by atoms with Crippen molar-refractivity contribution in [3.63, 3.8) is 0 Å². The average Bonchev–Trinajstić information content (AvgIpc) is 2.87. The van der Waals surface area contributed by atoms with Crippen molar-refractivity contribution in [3.05, 3.63) is 24.0 Å². The first kappa shape index (κ1) is 17.5. The molecule has 0 radical (unpaired) electrons. The molecule has 0 aliphatic carbocycles. The number of carbonyl (C=O) groups is 1. The largest absolute Gasteiger partial charge is 0.496 e. The van der Waals surface area contributed by atoms with Crippen molar-refractivity contribution in [2.45, 2.75) is 51.9 Å². The Hall–Kier alpha value is -1.82. The summed E-state index contributed by atoms with van der Waals surface area (Å²) in [5.41, 5.74) is 0.0207. The van der Waals surface area contributed by atoms with Gasteiger partial charge in [-0.05, 0) is 39.2 Å². The minimum absolute atomic E-state index is 0.296. The van der Waals surface area contributed by atoms with Gasteiger partial charge in [-0.3, -0.25) is 4.98 Å². The van der Waals surface area contributed by atoms with Crippen molar-refractivity contribution in [1.29, 1.82) is 0 Å². The zero-order valence-electron chi connectivity index (χ0n) is 14.4. The number of hydrogen-bond donors (Lipinski definition) is 1. The Kier molecular flexibility index (Phi) is 5.14. The van der Waals surface area contributed by atoms with Gasteiger partial charge in [0.15, 0.2) is 0 Å². The second-order valence-corrected chi connectivity index (χ2v) is 7.10. The Morgan fingerprint density at radius 1 is 1.48 bits per heavy atom. The molecule has 0 spiro atoms. The second-order valence-electron chi connectivity index (χ2n) is 7.10. The molecule has 0 saturated carbocycles. The molecule has 23 heavy (non-hydrogen) atoms. The monoisotopic (exact) mass is 322 g/mol. The summed E-state index contributed by atoms with van der Waals surface area (Å²) in [4.78, 5) is 18.1. The number of pyridine rings is 1. The Morgan fingerprint density at radius 3 is 2.78 bits per heavy atom. The van der Waals surface area contributed by atoms with Gasteiger partial charge in [0.1, 0.15) is 17.5 Å². The molecule has 6 heteroatoms. The first-order valence-electron chi connectivity index (χ1n) is 7.88. The molecular formula is C17H26N2O4.